The number of piperidine rings is 1. The van der Waals surface area contributed by atoms with Gasteiger partial charge in [-0.1, -0.05) is 36.2 Å². The van der Waals surface area contributed by atoms with Gasteiger partial charge >= 0.3 is 0 Å². The van der Waals surface area contributed by atoms with Gasteiger partial charge in [-0.25, -0.2) is 0 Å². The highest BCUT2D eigenvalue weighted by Crippen LogP contribution is 2.33. The van der Waals surface area contributed by atoms with Crippen LogP contribution in [0.1, 0.15) is 32.6 Å². The van der Waals surface area contributed by atoms with E-state index in [0.717, 1.165) is 63.8 Å². The molecule has 2 aliphatic rings. The van der Waals surface area contributed by atoms with Gasteiger partial charge in [-0.15, -0.1) is 0 Å². The molecule has 0 bridgehead atoms. The molecule has 0 radical (unpaired) electrons. The third kappa shape index (κ3) is 5.98. The Morgan fingerprint density at radius 2 is 1.74 bits per heavy atom. The Labute approximate surface area is 174 Å². The van der Waals surface area contributed by atoms with Crippen molar-refractivity contribution in [2.24, 2.45) is 5.92 Å². The first-order valence-electron chi connectivity index (χ1n) is 10.4. The van der Waals surface area contributed by atoms with Gasteiger partial charge in [0.2, 0.25) is 0 Å². The van der Waals surface area contributed by atoms with Crippen LogP contribution in [0, 0.1) is 5.92 Å². The van der Waals surface area contributed by atoms with Crippen molar-refractivity contribution in [3.05, 3.63) is 28.2 Å². The number of β-amino-alcohol motifs (C(OH)–C–C–N with tert-alkyl or cyclic N) is 1. The highest BCUT2D eigenvalue weighted by molar-refractivity contribution is 6.43. The van der Waals surface area contributed by atoms with Crippen LogP contribution < -0.4 is 4.90 Å². The Morgan fingerprint density at radius 3 is 2.41 bits per heavy atom. The molecule has 27 heavy (non-hydrogen) atoms. The monoisotopic (exact) mass is 413 g/mol. The van der Waals surface area contributed by atoms with Gasteiger partial charge in [0, 0.05) is 32.7 Å². The SMILES string of the molecule is CCC(O)CN1CCC(CCN2CCN(c3cccc(Cl)c3Cl)CC2)CC1. The van der Waals surface area contributed by atoms with Crippen LogP contribution in [0.3, 0.4) is 0 Å². The smallest absolute Gasteiger partial charge is 0.0825 e. The molecule has 1 N–H and O–H groups in total. The largest absolute Gasteiger partial charge is 0.392 e. The fraction of sp³-hybridized carbons (Fsp3) is 0.714. The molecule has 1 unspecified atom stereocenters. The Bertz CT molecular complexity index is 585. The number of aliphatic hydroxyl groups excluding tert-OH is 1. The minimum atomic E-state index is -0.161. The number of nitrogens with zero attached hydrogens (tertiary/aromatic N) is 3. The zero-order chi connectivity index (χ0) is 19.2. The molecule has 6 heteroatoms. The summed E-state index contributed by atoms with van der Waals surface area (Å²) in [5.74, 6) is 0.834. The topological polar surface area (TPSA) is 30.0 Å². The van der Waals surface area contributed by atoms with E-state index < -0.39 is 0 Å². The lowest BCUT2D eigenvalue weighted by Gasteiger charge is -2.38. The molecule has 2 fully saturated rings. The maximum absolute atomic E-state index is 9.82. The Kier molecular flexibility index (Phi) is 8.10. The standard InChI is InChI=1S/C21H33Cl2N3O/c1-2-18(27)16-25-10-7-17(8-11-25)6-9-24-12-14-26(15-13-24)20-5-3-4-19(22)21(20)23/h3-5,17-18,27H,2,6-16H2,1H3. The van der Waals surface area contributed by atoms with Gasteiger partial charge in [0.25, 0.3) is 0 Å². The van der Waals surface area contributed by atoms with Crippen molar-refractivity contribution in [1.29, 1.82) is 0 Å². The average molecular weight is 414 g/mol. The molecule has 2 saturated heterocycles. The zero-order valence-corrected chi connectivity index (χ0v) is 17.9. The van der Waals surface area contributed by atoms with Crippen LogP contribution >= 0.6 is 23.2 Å². The second-order valence-electron chi connectivity index (χ2n) is 8.00. The van der Waals surface area contributed by atoms with Crippen LogP contribution in [-0.2, 0) is 0 Å². The summed E-state index contributed by atoms with van der Waals surface area (Å²) < 4.78 is 0. The van der Waals surface area contributed by atoms with Crippen LogP contribution in [0.4, 0.5) is 5.69 Å². The predicted octanol–water partition coefficient (Wildman–Crippen LogP) is 3.99. The summed E-state index contributed by atoms with van der Waals surface area (Å²) in [7, 11) is 0. The van der Waals surface area contributed by atoms with E-state index in [1.54, 1.807) is 0 Å². The van der Waals surface area contributed by atoms with E-state index in [9.17, 15) is 5.11 Å². The number of likely N-dealkylation sites (tertiary alicyclic amines) is 1. The number of benzene rings is 1. The molecule has 0 amide bonds. The number of hydrogen-bond donors (Lipinski definition) is 1. The minimum absolute atomic E-state index is 0.161. The van der Waals surface area contributed by atoms with Gasteiger partial charge in [-0.2, -0.15) is 0 Å². The third-order valence-corrected chi connectivity index (χ3v) is 6.95. The summed E-state index contributed by atoms with van der Waals surface area (Å²) in [5.41, 5.74) is 1.06. The summed E-state index contributed by atoms with van der Waals surface area (Å²) in [6, 6.07) is 5.88. The molecule has 3 rings (SSSR count). The summed E-state index contributed by atoms with van der Waals surface area (Å²) in [6.45, 7) is 10.6. The van der Waals surface area contributed by atoms with Crippen molar-refractivity contribution < 1.29 is 5.11 Å². The van der Waals surface area contributed by atoms with Gasteiger partial charge < -0.3 is 14.9 Å². The van der Waals surface area contributed by atoms with Crippen molar-refractivity contribution >= 4 is 28.9 Å². The van der Waals surface area contributed by atoms with E-state index in [4.69, 9.17) is 23.2 Å². The van der Waals surface area contributed by atoms with Gasteiger partial charge in [0.15, 0.2) is 0 Å². The molecular formula is C21H33Cl2N3O. The molecule has 0 spiro atoms. The van der Waals surface area contributed by atoms with Gasteiger partial charge in [-0.05, 0) is 63.4 Å². The number of aliphatic hydroxyl groups is 1. The van der Waals surface area contributed by atoms with E-state index in [1.165, 1.54) is 25.8 Å². The maximum Gasteiger partial charge on any atom is 0.0825 e. The zero-order valence-electron chi connectivity index (χ0n) is 16.4. The first kappa shape index (κ1) is 21.2. The molecule has 4 nitrogen and oxygen atoms in total. The van der Waals surface area contributed by atoms with Crippen molar-refractivity contribution in [3.63, 3.8) is 0 Å². The van der Waals surface area contributed by atoms with E-state index in [2.05, 4.69) is 27.7 Å². The van der Waals surface area contributed by atoms with Crippen molar-refractivity contribution in [3.8, 4) is 0 Å². The van der Waals surface area contributed by atoms with Crippen LogP contribution in [0.25, 0.3) is 0 Å². The van der Waals surface area contributed by atoms with E-state index in [0.29, 0.717) is 10.0 Å². The lowest BCUT2D eigenvalue weighted by atomic mass is 9.93. The first-order valence-corrected chi connectivity index (χ1v) is 11.1. The number of rotatable bonds is 7. The van der Waals surface area contributed by atoms with Crippen molar-refractivity contribution in [2.75, 3.05) is 57.3 Å². The normalized spacial score (nSPS) is 21.6. The maximum atomic E-state index is 9.82. The molecule has 2 heterocycles. The lowest BCUT2D eigenvalue weighted by Crippen LogP contribution is -2.47. The summed E-state index contributed by atoms with van der Waals surface area (Å²) in [5, 5.41) is 11.1. The molecule has 1 aromatic carbocycles. The number of hydrogen-bond acceptors (Lipinski definition) is 4. The van der Waals surface area contributed by atoms with E-state index in [-0.39, 0.29) is 6.10 Å². The predicted molar refractivity (Wildman–Crippen MR) is 115 cm³/mol. The number of halogens is 2. The summed E-state index contributed by atoms with van der Waals surface area (Å²) >= 11 is 12.5. The molecular weight excluding hydrogens is 381 g/mol. The molecule has 0 aromatic heterocycles. The highest BCUT2D eigenvalue weighted by atomic mass is 35.5. The Balaban J connectivity index is 1.36. The molecule has 152 valence electrons. The van der Waals surface area contributed by atoms with Crippen molar-refractivity contribution in [2.45, 2.75) is 38.7 Å². The second kappa shape index (κ2) is 10.3. The van der Waals surface area contributed by atoms with Gasteiger partial charge in [0.1, 0.15) is 0 Å². The third-order valence-electron chi connectivity index (χ3n) is 6.15. The average Bonchev–Trinajstić information content (AvgIpc) is 2.70. The fourth-order valence-electron chi connectivity index (χ4n) is 4.20. The van der Waals surface area contributed by atoms with Crippen LogP contribution in [-0.4, -0.2) is 73.4 Å². The number of piperazine rings is 1. The fourth-order valence-corrected chi connectivity index (χ4v) is 4.61. The Hall–Kier alpha value is -0.520. The van der Waals surface area contributed by atoms with Gasteiger partial charge in [-0.3, -0.25) is 4.90 Å². The quantitative estimate of drug-likeness (QED) is 0.731. The lowest BCUT2D eigenvalue weighted by molar-refractivity contribution is 0.0834. The molecule has 1 aromatic rings. The van der Waals surface area contributed by atoms with E-state index in [1.807, 2.05) is 12.1 Å². The molecule has 2 aliphatic heterocycles. The van der Waals surface area contributed by atoms with Crippen LogP contribution in [0.15, 0.2) is 18.2 Å². The molecule has 1 atom stereocenters. The summed E-state index contributed by atoms with van der Waals surface area (Å²) in [6.07, 6.45) is 4.53. The summed E-state index contributed by atoms with van der Waals surface area (Å²) in [4.78, 5) is 7.36. The van der Waals surface area contributed by atoms with Gasteiger partial charge in [0.05, 0.1) is 21.8 Å². The molecule has 0 saturated carbocycles. The van der Waals surface area contributed by atoms with Crippen molar-refractivity contribution in [1.82, 2.24) is 9.80 Å². The van der Waals surface area contributed by atoms with Crippen LogP contribution in [0.2, 0.25) is 10.0 Å². The first-order chi connectivity index (χ1) is 13.1. The van der Waals surface area contributed by atoms with E-state index >= 15 is 0 Å². The number of anilines is 1. The highest BCUT2D eigenvalue weighted by Gasteiger charge is 2.23. The Morgan fingerprint density at radius 1 is 1.04 bits per heavy atom. The molecule has 0 aliphatic carbocycles. The minimum Gasteiger partial charge on any atom is -0.392 e. The second-order valence-corrected chi connectivity index (χ2v) is 8.78. The van der Waals surface area contributed by atoms with Crippen LogP contribution in [0.5, 0.6) is 0 Å².